The van der Waals surface area contributed by atoms with E-state index in [9.17, 15) is 0 Å². The zero-order valence-electron chi connectivity index (χ0n) is 12.9. The Morgan fingerprint density at radius 2 is 1.84 bits per heavy atom. The molecule has 1 heterocycles. The summed E-state index contributed by atoms with van der Waals surface area (Å²) in [5.74, 6) is 0.680. The van der Waals surface area contributed by atoms with Gasteiger partial charge in [0.05, 0.1) is 13.2 Å². The summed E-state index contributed by atoms with van der Waals surface area (Å²) in [7, 11) is 2.32. The molecule has 2 atom stereocenters. The number of ether oxygens (including phenoxy) is 1. The molecular formula is C16H32N2O. The van der Waals surface area contributed by atoms with E-state index in [-0.39, 0.29) is 0 Å². The van der Waals surface area contributed by atoms with Crippen LogP contribution in [0.1, 0.15) is 51.9 Å². The number of rotatable bonds is 6. The molecule has 19 heavy (non-hydrogen) atoms. The van der Waals surface area contributed by atoms with Crippen LogP contribution in [0.5, 0.6) is 0 Å². The van der Waals surface area contributed by atoms with Gasteiger partial charge in [0.25, 0.3) is 0 Å². The molecule has 0 spiro atoms. The molecule has 2 rings (SSSR count). The van der Waals surface area contributed by atoms with Crippen LogP contribution in [0.3, 0.4) is 0 Å². The van der Waals surface area contributed by atoms with Crippen molar-refractivity contribution in [2.24, 2.45) is 5.92 Å². The fourth-order valence-corrected chi connectivity index (χ4v) is 3.55. The lowest BCUT2D eigenvalue weighted by molar-refractivity contribution is 0.154. The molecule has 1 aliphatic heterocycles. The zero-order chi connectivity index (χ0) is 13.5. The van der Waals surface area contributed by atoms with Crippen molar-refractivity contribution < 1.29 is 4.74 Å². The van der Waals surface area contributed by atoms with Gasteiger partial charge in [-0.1, -0.05) is 32.6 Å². The molecule has 0 amide bonds. The minimum absolute atomic E-state index is 0.577. The van der Waals surface area contributed by atoms with Crippen molar-refractivity contribution in [2.75, 3.05) is 33.4 Å². The molecule has 0 bridgehead atoms. The largest absolute Gasteiger partial charge is 0.379 e. The summed E-state index contributed by atoms with van der Waals surface area (Å²) in [4.78, 5) is 2.62. The monoisotopic (exact) mass is 268 g/mol. The summed E-state index contributed by atoms with van der Waals surface area (Å²) in [5, 5.41) is 3.65. The van der Waals surface area contributed by atoms with E-state index in [0.717, 1.165) is 25.8 Å². The summed E-state index contributed by atoms with van der Waals surface area (Å²) in [6.07, 6.45) is 9.74. The van der Waals surface area contributed by atoms with E-state index in [0.29, 0.717) is 12.0 Å². The van der Waals surface area contributed by atoms with Crippen LogP contribution in [-0.2, 0) is 4.74 Å². The van der Waals surface area contributed by atoms with Crippen molar-refractivity contribution in [3.05, 3.63) is 0 Å². The summed E-state index contributed by atoms with van der Waals surface area (Å²) >= 11 is 0. The van der Waals surface area contributed by atoms with Crippen LogP contribution in [-0.4, -0.2) is 50.3 Å². The van der Waals surface area contributed by atoms with E-state index >= 15 is 0 Å². The molecule has 3 heteroatoms. The Morgan fingerprint density at radius 1 is 1.11 bits per heavy atom. The van der Waals surface area contributed by atoms with Crippen molar-refractivity contribution in [1.29, 1.82) is 0 Å². The van der Waals surface area contributed by atoms with Crippen molar-refractivity contribution in [1.82, 2.24) is 10.2 Å². The predicted molar refractivity (Wildman–Crippen MR) is 80.5 cm³/mol. The molecule has 0 radical (unpaired) electrons. The van der Waals surface area contributed by atoms with Crippen LogP contribution in [0.25, 0.3) is 0 Å². The van der Waals surface area contributed by atoms with Gasteiger partial charge in [-0.2, -0.15) is 0 Å². The molecule has 2 fully saturated rings. The third kappa shape index (κ3) is 4.73. The first-order valence-corrected chi connectivity index (χ1v) is 8.32. The lowest BCUT2D eigenvalue weighted by Gasteiger charge is -2.31. The maximum absolute atomic E-state index is 5.69. The standard InChI is InChI=1S/C16H32N2O/c1-3-10-17-16-13-19-12-14(16)11-18(2)15-8-6-4-5-7-9-15/h14-17H,3-13H2,1-2H3. The van der Waals surface area contributed by atoms with E-state index in [1.165, 1.54) is 51.5 Å². The lowest BCUT2D eigenvalue weighted by Crippen LogP contribution is -2.43. The Kier molecular flexibility index (Phi) is 6.62. The first-order chi connectivity index (χ1) is 9.31. The van der Waals surface area contributed by atoms with Gasteiger partial charge in [0.1, 0.15) is 0 Å². The van der Waals surface area contributed by atoms with E-state index < -0.39 is 0 Å². The molecule has 112 valence electrons. The topological polar surface area (TPSA) is 24.5 Å². The van der Waals surface area contributed by atoms with Crippen LogP contribution in [0.15, 0.2) is 0 Å². The van der Waals surface area contributed by atoms with E-state index in [1.807, 2.05) is 0 Å². The number of nitrogens with zero attached hydrogens (tertiary/aromatic N) is 1. The molecule has 1 N–H and O–H groups in total. The highest BCUT2D eigenvalue weighted by molar-refractivity contribution is 4.85. The fraction of sp³-hybridized carbons (Fsp3) is 1.00. The van der Waals surface area contributed by atoms with E-state index in [2.05, 4.69) is 24.2 Å². The van der Waals surface area contributed by atoms with Gasteiger partial charge >= 0.3 is 0 Å². The second-order valence-electron chi connectivity index (χ2n) is 6.44. The van der Waals surface area contributed by atoms with Gasteiger partial charge in [-0.25, -0.2) is 0 Å². The average molecular weight is 268 g/mol. The Morgan fingerprint density at radius 3 is 2.53 bits per heavy atom. The van der Waals surface area contributed by atoms with Crippen LogP contribution >= 0.6 is 0 Å². The molecule has 0 aromatic rings. The summed E-state index contributed by atoms with van der Waals surface area (Å²) in [6.45, 7) is 6.40. The lowest BCUT2D eigenvalue weighted by atomic mass is 10.0. The highest BCUT2D eigenvalue weighted by Gasteiger charge is 2.30. The Bertz CT molecular complexity index is 239. The number of nitrogens with one attached hydrogen (secondary N) is 1. The number of hydrogen-bond acceptors (Lipinski definition) is 3. The third-order valence-electron chi connectivity index (χ3n) is 4.83. The first-order valence-electron chi connectivity index (χ1n) is 8.32. The minimum atomic E-state index is 0.577. The number of hydrogen-bond donors (Lipinski definition) is 1. The molecule has 1 saturated heterocycles. The van der Waals surface area contributed by atoms with Crippen molar-refractivity contribution in [2.45, 2.75) is 64.0 Å². The van der Waals surface area contributed by atoms with Crippen LogP contribution in [0.2, 0.25) is 0 Å². The molecule has 2 unspecified atom stereocenters. The first kappa shape index (κ1) is 15.3. The van der Waals surface area contributed by atoms with Gasteiger partial charge in [0.2, 0.25) is 0 Å². The minimum Gasteiger partial charge on any atom is -0.379 e. The summed E-state index contributed by atoms with van der Waals surface area (Å²) in [6, 6.07) is 1.39. The maximum Gasteiger partial charge on any atom is 0.0623 e. The second kappa shape index (κ2) is 8.23. The Labute approximate surface area is 119 Å². The van der Waals surface area contributed by atoms with E-state index in [4.69, 9.17) is 4.74 Å². The fourth-order valence-electron chi connectivity index (χ4n) is 3.55. The Balaban J connectivity index is 1.77. The molecule has 2 aliphatic rings. The van der Waals surface area contributed by atoms with Crippen molar-refractivity contribution >= 4 is 0 Å². The molecule has 3 nitrogen and oxygen atoms in total. The van der Waals surface area contributed by atoms with Crippen molar-refractivity contribution in [3.8, 4) is 0 Å². The van der Waals surface area contributed by atoms with Gasteiger partial charge in [0.15, 0.2) is 0 Å². The van der Waals surface area contributed by atoms with Gasteiger partial charge in [-0.3, -0.25) is 0 Å². The molecule has 0 aromatic heterocycles. The van der Waals surface area contributed by atoms with Gasteiger partial charge in [-0.05, 0) is 32.9 Å². The quantitative estimate of drug-likeness (QED) is 0.750. The van der Waals surface area contributed by atoms with Gasteiger partial charge in [-0.15, -0.1) is 0 Å². The summed E-state index contributed by atoms with van der Waals surface area (Å²) < 4.78 is 5.69. The molecule has 0 aromatic carbocycles. The van der Waals surface area contributed by atoms with E-state index in [1.54, 1.807) is 0 Å². The smallest absolute Gasteiger partial charge is 0.0623 e. The molecular weight excluding hydrogens is 236 g/mol. The third-order valence-corrected chi connectivity index (χ3v) is 4.83. The molecule has 1 saturated carbocycles. The van der Waals surface area contributed by atoms with Crippen LogP contribution in [0.4, 0.5) is 0 Å². The van der Waals surface area contributed by atoms with Crippen LogP contribution in [0, 0.1) is 5.92 Å². The predicted octanol–water partition coefficient (Wildman–Crippen LogP) is 2.66. The Hall–Kier alpha value is -0.120. The van der Waals surface area contributed by atoms with Gasteiger partial charge in [0, 0.05) is 24.5 Å². The highest BCUT2D eigenvalue weighted by Crippen LogP contribution is 2.23. The maximum atomic E-state index is 5.69. The van der Waals surface area contributed by atoms with Gasteiger partial charge < -0.3 is 15.0 Å². The highest BCUT2D eigenvalue weighted by atomic mass is 16.5. The zero-order valence-corrected chi connectivity index (χ0v) is 12.9. The summed E-state index contributed by atoms with van der Waals surface area (Å²) in [5.41, 5.74) is 0. The normalized spacial score (nSPS) is 29.8. The SMILES string of the molecule is CCCNC1COCC1CN(C)C1CCCCCC1. The van der Waals surface area contributed by atoms with Crippen molar-refractivity contribution in [3.63, 3.8) is 0 Å². The average Bonchev–Trinajstić information content (AvgIpc) is 2.67. The molecule has 1 aliphatic carbocycles. The van der Waals surface area contributed by atoms with Crippen LogP contribution < -0.4 is 5.32 Å². The second-order valence-corrected chi connectivity index (χ2v) is 6.44.